The number of nitrogens with two attached hydrogens (primary N) is 2. The van der Waals surface area contributed by atoms with E-state index in [0.717, 1.165) is 5.56 Å². The number of nitrogens with one attached hydrogen (secondary N) is 1. The maximum absolute atomic E-state index is 12.4. The monoisotopic (exact) mass is 370 g/mol. The number of anilines is 1. The van der Waals surface area contributed by atoms with Crippen molar-refractivity contribution in [2.45, 2.75) is 6.54 Å². The van der Waals surface area contributed by atoms with Gasteiger partial charge in [0, 0.05) is 17.7 Å². The van der Waals surface area contributed by atoms with Crippen molar-refractivity contribution in [3.05, 3.63) is 63.7 Å². The zero-order valence-electron chi connectivity index (χ0n) is 13.4. The number of carbonyl (C=O) groups is 1. The Hall–Kier alpha value is -3.53. The third-order valence-electron chi connectivity index (χ3n) is 3.44. The number of carbonyl (C=O) groups excluding carboxylic acids is 1. The molecule has 0 saturated carbocycles. The molecule has 0 atom stereocenters. The van der Waals surface area contributed by atoms with Gasteiger partial charge < -0.3 is 11.5 Å². The minimum absolute atomic E-state index is 0.0218. The van der Waals surface area contributed by atoms with E-state index in [9.17, 15) is 14.9 Å². The van der Waals surface area contributed by atoms with Crippen LogP contribution in [-0.4, -0.2) is 21.8 Å². The lowest BCUT2D eigenvalue weighted by Crippen LogP contribution is -2.22. The van der Waals surface area contributed by atoms with Crippen molar-refractivity contribution >= 4 is 44.2 Å². The molecule has 1 heterocycles. The van der Waals surface area contributed by atoms with Crippen molar-refractivity contribution < 1.29 is 9.72 Å². The van der Waals surface area contributed by atoms with Gasteiger partial charge in [0.2, 0.25) is 0 Å². The highest BCUT2D eigenvalue weighted by molar-refractivity contribution is 7.22. The number of nitro benzene ring substituents is 1. The van der Waals surface area contributed by atoms with Gasteiger partial charge in [-0.25, -0.2) is 9.98 Å². The molecule has 0 aliphatic carbocycles. The molecule has 10 heteroatoms. The number of hydrogen-bond acceptors (Lipinski definition) is 6. The molecule has 3 aromatic rings. The lowest BCUT2D eigenvalue weighted by molar-refractivity contribution is -0.384. The number of hydrogen-bond donors (Lipinski definition) is 3. The Morgan fingerprint density at radius 3 is 2.81 bits per heavy atom. The van der Waals surface area contributed by atoms with E-state index in [1.54, 1.807) is 30.3 Å². The summed E-state index contributed by atoms with van der Waals surface area (Å²) >= 11 is 1.17. The Morgan fingerprint density at radius 2 is 2.08 bits per heavy atom. The van der Waals surface area contributed by atoms with Crippen molar-refractivity contribution in [1.82, 2.24) is 4.98 Å². The van der Waals surface area contributed by atoms with Gasteiger partial charge in [0.1, 0.15) is 0 Å². The molecule has 0 saturated heterocycles. The first-order valence-electron chi connectivity index (χ1n) is 7.43. The van der Waals surface area contributed by atoms with Crippen LogP contribution in [0.3, 0.4) is 0 Å². The van der Waals surface area contributed by atoms with Gasteiger partial charge in [0.05, 0.1) is 21.7 Å². The highest BCUT2D eigenvalue weighted by atomic mass is 32.1. The molecule has 5 N–H and O–H groups in total. The molecule has 1 amide bonds. The van der Waals surface area contributed by atoms with Gasteiger partial charge in [-0.1, -0.05) is 23.5 Å². The summed E-state index contributed by atoms with van der Waals surface area (Å²) in [5, 5.41) is 13.9. The first-order valence-corrected chi connectivity index (χ1v) is 8.24. The van der Waals surface area contributed by atoms with E-state index < -0.39 is 4.92 Å². The molecule has 0 fully saturated rings. The van der Waals surface area contributed by atoms with Crippen LogP contribution >= 0.6 is 11.3 Å². The fourth-order valence-corrected chi connectivity index (χ4v) is 3.14. The summed E-state index contributed by atoms with van der Waals surface area (Å²) in [6.45, 7) is 0.272. The molecule has 0 aliphatic heterocycles. The summed E-state index contributed by atoms with van der Waals surface area (Å²) in [6, 6.07) is 11.2. The van der Waals surface area contributed by atoms with Crippen LogP contribution in [0.1, 0.15) is 15.9 Å². The van der Waals surface area contributed by atoms with Crippen LogP contribution in [0.25, 0.3) is 10.2 Å². The van der Waals surface area contributed by atoms with Crippen molar-refractivity contribution in [1.29, 1.82) is 0 Å². The summed E-state index contributed by atoms with van der Waals surface area (Å²) in [5.74, 6) is -0.367. The minimum atomic E-state index is -0.473. The summed E-state index contributed by atoms with van der Waals surface area (Å²) in [4.78, 5) is 31.0. The van der Waals surface area contributed by atoms with Crippen molar-refractivity contribution in [3.8, 4) is 0 Å². The Balaban J connectivity index is 1.79. The Kier molecular flexibility index (Phi) is 4.76. The van der Waals surface area contributed by atoms with Gasteiger partial charge in [-0.15, -0.1) is 0 Å². The molecule has 3 rings (SSSR count). The molecule has 0 aliphatic rings. The number of rotatable bonds is 5. The van der Waals surface area contributed by atoms with E-state index in [-0.39, 0.29) is 24.1 Å². The largest absolute Gasteiger partial charge is 0.370 e. The minimum Gasteiger partial charge on any atom is -0.370 e. The van der Waals surface area contributed by atoms with Gasteiger partial charge in [-0.3, -0.25) is 20.2 Å². The van der Waals surface area contributed by atoms with Gasteiger partial charge >= 0.3 is 0 Å². The smallest absolute Gasteiger partial charge is 0.270 e. The summed E-state index contributed by atoms with van der Waals surface area (Å²) in [7, 11) is 0. The maximum atomic E-state index is 12.4. The second-order valence-corrected chi connectivity index (χ2v) is 6.35. The zero-order valence-corrected chi connectivity index (χ0v) is 14.2. The number of benzene rings is 2. The van der Waals surface area contributed by atoms with Crippen LogP contribution in [-0.2, 0) is 6.54 Å². The lowest BCUT2D eigenvalue weighted by atomic mass is 10.1. The number of nitro groups is 1. The van der Waals surface area contributed by atoms with Gasteiger partial charge in [-0.2, -0.15) is 0 Å². The maximum Gasteiger partial charge on any atom is 0.270 e. The molecule has 1 aromatic heterocycles. The van der Waals surface area contributed by atoms with E-state index >= 15 is 0 Å². The van der Waals surface area contributed by atoms with E-state index in [0.29, 0.717) is 20.9 Å². The SMILES string of the molecule is NC(N)=NCc1cccc(C(=O)Nc2nc3ccc([N+](=O)[O-])cc3s2)c1. The van der Waals surface area contributed by atoms with Crippen LogP contribution in [0.4, 0.5) is 10.8 Å². The number of fused-ring (bicyclic) bond motifs is 1. The number of guanidine groups is 1. The van der Waals surface area contributed by atoms with Crippen LogP contribution < -0.4 is 16.8 Å². The average Bonchev–Trinajstić information content (AvgIpc) is 3.01. The van der Waals surface area contributed by atoms with Gasteiger partial charge in [0.15, 0.2) is 11.1 Å². The topological polar surface area (TPSA) is 150 Å². The van der Waals surface area contributed by atoms with Crippen LogP contribution in [0.2, 0.25) is 0 Å². The quantitative estimate of drug-likeness (QED) is 0.271. The second kappa shape index (κ2) is 7.15. The molecule has 2 aromatic carbocycles. The van der Waals surface area contributed by atoms with Crippen molar-refractivity contribution in [2.24, 2.45) is 16.5 Å². The van der Waals surface area contributed by atoms with E-state index in [4.69, 9.17) is 11.5 Å². The Labute approximate surface area is 151 Å². The third-order valence-corrected chi connectivity index (χ3v) is 4.37. The first kappa shape index (κ1) is 17.3. The van der Waals surface area contributed by atoms with Crippen molar-refractivity contribution in [2.75, 3.05) is 5.32 Å². The molecular weight excluding hydrogens is 356 g/mol. The molecule has 0 spiro atoms. The van der Waals surface area contributed by atoms with Gasteiger partial charge in [-0.05, 0) is 23.8 Å². The Bertz CT molecular complexity index is 1030. The standard InChI is InChI=1S/C16H14N6O3S/c17-15(18)19-8-9-2-1-3-10(6-9)14(23)21-16-20-12-5-4-11(22(24)25)7-13(12)26-16/h1-7H,8H2,(H4,17,18,19)(H,20,21,23). The number of nitrogens with zero attached hydrogens (tertiary/aromatic N) is 3. The number of aromatic nitrogens is 1. The third kappa shape index (κ3) is 3.92. The van der Waals surface area contributed by atoms with E-state index in [1.807, 2.05) is 0 Å². The first-order chi connectivity index (χ1) is 12.4. The molecule has 9 nitrogen and oxygen atoms in total. The molecule has 0 bridgehead atoms. The van der Waals surface area contributed by atoms with E-state index in [2.05, 4.69) is 15.3 Å². The summed E-state index contributed by atoms with van der Waals surface area (Å²) in [6.07, 6.45) is 0. The molecular formula is C16H14N6O3S. The molecule has 132 valence electrons. The number of aliphatic imine (C=N–C) groups is 1. The summed E-state index contributed by atoms with van der Waals surface area (Å²) < 4.78 is 0.621. The Morgan fingerprint density at radius 1 is 1.27 bits per heavy atom. The molecule has 0 unspecified atom stereocenters. The second-order valence-electron chi connectivity index (χ2n) is 5.32. The fourth-order valence-electron chi connectivity index (χ4n) is 2.24. The molecule has 0 radical (unpaired) electrons. The zero-order chi connectivity index (χ0) is 18.7. The predicted molar refractivity (Wildman–Crippen MR) is 100 cm³/mol. The van der Waals surface area contributed by atoms with E-state index in [1.165, 1.54) is 23.5 Å². The van der Waals surface area contributed by atoms with Gasteiger partial charge in [0.25, 0.3) is 11.6 Å². The van der Waals surface area contributed by atoms with Crippen molar-refractivity contribution in [3.63, 3.8) is 0 Å². The highest BCUT2D eigenvalue weighted by Crippen LogP contribution is 2.29. The molecule has 26 heavy (non-hydrogen) atoms. The lowest BCUT2D eigenvalue weighted by Gasteiger charge is -2.04. The number of thiazole rings is 1. The average molecular weight is 370 g/mol. The van der Waals surface area contributed by atoms with Crippen LogP contribution in [0.15, 0.2) is 47.5 Å². The summed E-state index contributed by atoms with van der Waals surface area (Å²) in [5.41, 5.74) is 12.4. The number of amides is 1. The van der Waals surface area contributed by atoms with Crippen LogP contribution in [0.5, 0.6) is 0 Å². The highest BCUT2D eigenvalue weighted by Gasteiger charge is 2.13. The van der Waals surface area contributed by atoms with Crippen LogP contribution in [0, 0.1) is 10.1 Å². The predicted octanol–water partition coefficient (Wildman–Crippen LogP) is 2.23. The number of non-ortho nitro benzene ring substituents is 1. The fraction of sp³-hybridized carbons (Fsp3) is 0.0625. The normalized spacial score (nSPS) is 10.5.